The smallest absolute Gasteiger partial charge is 0.420 e. The zero-order chi connectivity index (χ0) is 31.1. The molecule has 5 aromatic rings. The summed E-state index contributed by atoms with van der Waals surface area (Å²) in [6.07, 6.45) is 4.78. The molecule has 0 spiro atoms. The van der Waals surface area contributed by atoms with Crippen LogP contribution in [0, 0.1) is 5.92 Å². The number of alkyl halides is 3. The molecule has 1 amide bonds. The van der Waals surface area contributed by atoms with Crippen LogP contribution in [0.3, 0.4) is 0 Å². The third kappa shape index (κ3) is 6.41. The van der Waals surface area contributed by atoms with Gasteiger partial charge in [-0.3, -0.25) is 14.8 Å². The molecule has 14 heteroatoms. The summed E-state index contributed by atoms with van der Waals surface area (Å²) in [5.74, 6) is -0.452. The number of methoxy groups -OCH3 is 1. The zero-order valence-corrected chi connectivity index (χ0v) is 25.0. The van der Waals surface area contributed by atoms with Gasteiger partial charge in [0, 0.05) is 40.4 Å². The fraction of sp³-hybridized carbons (Fsp3) is 0.290. The number of nitrogens with zero attached hydrogens (tertiary/aromatic N) is 5. The summed E-state index contributed by atoms with van der Waals surface area (Å²) in [5, 5.41) is 15.5. The number of rotatable bonds is 11. The molecule has 0 saturated heterocycles. The van der Waals surface area contributed by atoms with Gasteiger partial charge in [-0.2, -0.15) is 23.3 Å². The maximum atomic E-state index is 13.8. The van der Waals surface area contributed by atoms with Gasteiger partial charge in [0.15, 0.2) is 11.6 Å². The summed E-state index contributed by atoms with van der Waals surface area (Å²) in [6.45, 7) is 0.544. The summed E-state index contributed by atoms with van der Waals surface area (Å²) in [5.41, 5.74) is 3.21. The van der Waals surface area contributed by atoms with E-state index in [0.717, 1.165) is 35.7 Å². The zero-order valence-electron chi connectivity index (χ0n) is 24.1. The van der Waals surface area contributed by atoms with Crippen molar-refractivity contribution < 1.29 is 22.7 Å². The van der Waals surface area contributed by atoms with E-state index in [1.54, 1.807) is 24.3 Å². The van der Waals surface area contributed by atoms with Crippen molar-refractivity contribution in [2.75, 3.05) is 22.5 Å². The van der Waals surface area contributed by atoms with E-state index >= 15 is 0 Å². The number of carbonyl (C=O) groups excluding carboxylic acids is 1. The predicted octanol–water partition coefficient (Wildman–Crippen LogP) is 6.98. The van der Waals surface area contributed by atoms with Crippen molar-refractivity contribution in [1.82, 2.24) is 24.4 Å². The van der Waals surface area contributed by atoms with Crippen LogP contribution in [0.25, 0.3) is 16.6 Å². The first kappa shape index (κ1) is 29.0. The first-order chi connectivity index (χ1) is 21.7. The van der Waals surface area contributed by atoms with Gasteiger partial charge in [0.1, 0.15) is 5.52 Å². The van der Waals surface area contributed by atoms with Crippen molar-refractivity contribution in [1.29, 1.82) is 0 Å². The maximum absolute atomic E-state index is 13.8. The molecule has 0 bridgehead atoms. The van der Waals surface area contributed by atoms with Gasteiger partial charge in [0.2, 0.25) is 11.9 Å². The molecule has 2 aliphatic carbocycles. The minimum atomic E-state index is -4.63. The van der Waals surface area contributed by atoms with Gasteiger partial charge in [-0.25, -0.2) is 4.52 Å². The Morgan fingerprint density at radius 3 is 2.60 bits per heavy atom. The molecule has 2 aromatic carbocycles. The van der Waals surface area contributed by atoms with Gasteiger partial charge in [-0.1, -0.05) is 18.2 Å². The molecular formula is C31H29F3N8O2S. The van der Waals surface area contributed by atoms with E-state index in [1.807, 2.05) is 29.1 Å². The highest BCUT2D eigenvalue weighted by Crippen LogP contribution is 2.42. The van der Waals surface area contributed by atoms with Crippen LogP contribution in [0.1, 0.15) is 36.8 Å². The molecule has 232 valence electrons. The third-order valence-corrected chi connectivity index (χ3v) is 8.74. The Kier molecular flexibility index (Phi) is 7.51. The molecule has 7 rings (SSSR count). The van der Waals surface area contributed by atoms with E-state index in [0.29, 0.717) is 22.9 Å². The number of anilines is 4. The second kappa shape index (κ2) is 11.7. The van der Waals surface area contributed by atoms with Crippen LogP contribution in [0.5, 0.6) is 5.75 Å². The molecular weight excluding hydrogens is 605 g/mol. The van der Waals surface area contributed by atoms with Crippen molar-refractivity contribution in [3.8, 4) is 16.9 Å². The van der Waals surface area contributed by atoms with Crippen LogP contribution in [0.15, 0.2) is 67.1 Å². The maximum Gasteiger partial charge on any atom is 0.420 e. The standard InChI is InChI=1S/C31H29F3N8O2S/c1-44-27-24(31(32,33)34)3-2-4-25(27)36-28-26-23(13-14-42(26)39-30(37-28)38-29(43)19-7-8-19)20-15-35-41(17-20)16-18-5-9-21(10-6-18)40-45-22-11-12-22/h2-6,9-10,13-15,17,19,22,40H,7-8,11-12,16H2,1H3,(H2,36,37,38,39,43). The number of carbonyl (C=O) groups is 1. The average Bonchev–Trinajstić information content (AvgIpc) is 3.95. The number of hydrogen-bond donors (Lipinski definition) is 3. The fourth-order valence-corrected chi connectivity index (χ4v) is 5.76. The Bertz CT molecular complexity index is 1860. The normalized spacial score (nSPS) is 14.8. The van der Waals surface area contributed by atoms with Gasteiger partial charge in [-0.15, -0.1) is 5.10 Å². The predicted molar refractivity (Wildman–Crippen MR) is 167 cm³/mol. The molecule has 0 aliphatic heterocycles. The first-order valence-corrected chi connectivity index (χ1v) is 15.4. The van der Waals surface area contributed by atoms with Crippen molar-refractivity contribution in [2.24, 2.45) is 5.92 Å². The lowest BCUT2D eigenvalue weighted by atomic mass is 10.1. The number of hydrogen-bond acceptors (Lipinski definition) is 8. The lowest BCUT2D eigenvalue weighted by Crippen LogP contribution is -2.17. The SMILES string of the molecule is COc1c(Nc2nc(NC(=O)C3CC3)nn3ccc(-c4cnn(Cc5ccc(NSC6CC6)cc5)c4)c23)cccc1C(F)(F)F. The van der Waals surface area contributed by atoms with Crippen LogP contribution in [-0.2, 0) is 17.5 Å². The fourth-order valence-electron chi connectivity index (χ4n) is 4.95. The van der Waals surface area contributed by atoms with Crippen molar-refractivity contribution >= 4 is 46.5 Å². The molecule has 2 fully saturated rings. The van der Waals surface area contributed by atoms with Gasteiger partial charge in [0.05, 0.1) is 31.1 Å². The number of ether oxygens (including phenoxy) is 1. The highest BCUT2D eigenvalue weighted by Gasteiger charge is 2.35. The Labute approximate surface area is 260 Å². The summed E-state index contributed by atoms with van der Waals surface area (Å²) < 4.78 is 53.3. The lowest BCUT2D eigenvalue weighted by molar-refractivity contribution is -0.138. The van der Waals surface area contributed by atoms with E-state index in [4.69, 9.17) is 4.74 Å². The highest BCUT2D eigenvalue weighted by atomic mass is 32.2. The van der Waals surface area contributed by atoms with E-state index in [-0.39, 0.29) is 35.0 Å². The molecule has 0 radical (unpaired) electrons. The summed E-state index contributed by atoms with van der Waals surface area (Å²) in [4.78, 5) is 17.1. The minimum Gasteiger partial charge on any atom is -0.494 e. The lowest BCUT2D eigenvalue weighted by Gasteiger charge is -2.17. The van der Waals surface area contributed by atoms with Crippen LogP contribution in [0.4, 0.5) is 36.3 Å². The number of amides is 1. The van der Waals surface area contributed by atoms with E-state index in [2.05, 4.69) is 42.7 Å². The van der Waals surface area contributed by atoms with E-state index in [9.17, 15) is 18.0 Å². The van der Waals surface area contributed by atoms with Crippen LogP contribution >= 0.6 is 11.9 Å². The van der Waals surface area contributed by atoms with Gasteiger partial charge in [0.25, 0.3) is 0 Å². The van der Waals surface area contributed by atoms with Gasteiger partial charge >= 0.3 is 6.18 Å². The minimum absolute atomic E-state index is 0.0270. The Morgan fingerprint density at radius 2 is 1.89 bits per heavy atom. The van der Waals surface area contributed by atoms with Crippen molar-refractivity contribution in [3.63, 3.8) is 0 Å². The topological polar surface area (TPSA) is 110 Å². The van der Waals surface area contributed by atoms with Crippen molar-refractivity contribution in [3.05, 3.63) is 78.2 Å². The second-order valence-electron chi connectivity index (χ2n) is 11.1. The number of nitrogens with one attached hydrogen (secondary N) is 3. The number of fused-ring (bicyclic) bond motifs is 1. The second-order valence-corrected chi connectivity index (χ2v) is 12.2. The summed E-state index contributed by atoms with van der Waals surface area (Å²) in [7, 11) is 1.18. The Balaban J connectivity index is 1.21. The van der Waals surface area contributed by atoms with E-state index in [1.165, 1.54) is 36.6 Å². The number of para-hydroxylation sites is 1. The van der Waals surface area contributed by atoms with Crippen LogP contribution in [-0.4, -0.2) is 42.6 Å². The van der Waals surface area contributed by atoms with Crippen molar-refractivity contribution in [2.45, 2.75) is 43.7 Å². The van der Waals surface area contributed by atoms with E-state index < -0.39 is 11.7 Å². The number of benzene rings is 2. The number of halogens is 3. The highest BCUT2D eigenvalue weighted by molar-refractivity contribution is 8.01. The third-order valence-electron chi connectivity index (χ3n) is 7.58. The molecule has 2 saturated carbocycles. The first-order valence-electron chi connectivity index (χ1n) is 14.5. The molecule has 45 heavy (non-hydrogen) atoms. The molecule has 3 heterocycles. The Morgan fingerprint density at radius 1 is 1.09 bits per heavy atom. The van der Waals surface area contributed by atoms with Crippen LogP contribution < -0.4 is 20.1 Å². The molecule has 0 atom stereocenters. The average molecular weight is 635 g/mol. The quantitative estimate of drug-likeness (QED) is 0.134. The van der Waals surface area contributed by atoms with Crippen LogP contribution in [0.2, 0.25) is 0 Å². The molecule has 10 nitrogen and oxygen atoms in total. The Hall–Kier alpha value is -4.72. The van der Waals surface area contributed by atoms with Gasteiger partial charge in [-0.05, 0) is 73.5 Å². The molecule has 3 aromatic heterocycles. The largest absolute Gasteiger partial charge is 0.494 e. The molecule has 3 N–H and O–H groups in total. The number of aromatic nitrogens is 5. The monoisotopic (exact) mass is 634 g/mol. The summed E-state index contributed by atoms with van der Waals surface area (Å²) in [6, 6.07) is 13.8. The summed E-state index contributed by atoms with van der Waals surface area (Å²) >= 11 is 1.76. The van der Waals surface area contributed by atoms with Gasteiger partial charge < -0.3 is 14.8 Å². The molecule has 0 unspecified atom stereocenters. The molecule has 2 aliphatic rings.